The second-order valence-corrected chi connectivity index (χ2v) is 4.12. The molecule has 3 heterocycles. The largest absolute Gasteiger partial charge is 0.353 e. The molecule has 0 saturated carbocycles. The van der Waals surface area contributed by atoms with Crippen molar-refractivity contribution in [2.24, 2.45) is 0 Å². The molecule has 0 aliphatic carbocycles. The summed E-state index contributed by atoms with van der Waals surface area (Å²) in [6, 6.07) is 6.88. The number of pyridine rings is 2. The Labute approximate surface area is 109 Å². The molecule has 0 aliphatic rings. The summed E-state index contributed by atoms with van der Waals surface area (Å²) in [6.07, 6.45) is 5.70. The smallest absolute Gasteiger partial charge is 0.243 e. The van der Waals surface area contributed by atoms with Crippen LogP contribution in [0.1, 0.15) is 5.56 Å². The van der Waals surface area contributed by atoms with Crippen LogP contribution in [-0.4, -0.2) is 26.1 Å². The number of anilines is 1. The average Bonchev–Trinajstić information content (AvgIpc) is 2.82. The van der Waals surface area contributed by atoms with Gasteiger partial charge in [-0.15, -0.1) is 5.10 Å². The molecular weight excluding hydrogens is 245 g/mol. The van der Waals surface area contributed by atoms with Gasteiger partial charge in [-0.25, -0.2) is 8.91 Å². The maximum Gasteiger partial charge on any atom is 0.243 e. The van der Waals surface area contributed by atoms with E-state index in [2.05, 4.69) is 20.4 Å². The molecule has 0 unspecified atom stereocenters. The molecule has 1 N–H and O–H groups in total. The summed E-state index contributed by atoms with van der Waals surface area (Å²) >= 11 is 0. The van der Waals surface area contributed by atoms with Crippen molar-refractivity contribution in [2.45, 2.75) is 6.42 Å². The van der Waals surface area contributed by atoms with E-state index in [0.29, 0.717) is 18.1 Å². The number of halogens is 1. The van der Waals surface area contributed by atoms with E-state index in [1.54, 1.807) is 12.3 Å². The molecule has 0 fully saturated rings. The van der Waals surface area contributed by atoms with Crippen LogP contribution in [-0.2, 0) is 6.42 Å². The quantitative estimate of drug-likeness (QED) is 0.775. The SMILES string of the molecule is Fc1ccc2nc(NCCc3cccnc3)nn2c1. The van der Waals surface area contributed by atoms with E-state index in [1.165, 1.54) is 16.8 Å². The van der Waals surface area contributed by atoms with Gasteiger partial charge >= 0.3 is 0 Å². The van der Waals surface area contributed by atoms with E-state index in [9.17, 15) is 4.39 Å². The third kappa shape index (κ3) is 2.67. The van der Waals surface area contributed by atoms with E-state index in [-0.39, 0.29) is 5.82 Å². The van der Waals surface area contributed by atoms with Crippen LogP contribution in [0.3, 0.4) is 0 Å². The van der Waals surface area contributed by atoms with Gasteiger partial charge in [-0.2, -0.15) is 4.98 Å². The summed E-state index contributed by atoms with van der Waals surface area (Å²) < 4.78 is 14.4. The first-order chi connectivity index (χ1) is 9.31. The van der Waals surface area contributed by atoms with Crippen LogP contribution in [0.4, 0.5) is 10.3 Å². The van der Waals surface area contributed by atoms with Gasteiger partial charge in [0.2, 0.25) is 5.95 Å². The summed E-state index contributed by atoms with van der Waals surface area (Å²) in [5, 5.41) is 7.25. The fourth-order valence-corrected chi connectivity index (χ4v) is 1.80. The molecule has 0 radical (unpaired) electrons. The zero-order chi connectivity index (χ0) is 13.1. The fourth-order valence-electron chi connectivity index (χ4n) is 1.80. The van der Waals surface area contributed by atoms with Crippen molar-refractivity contribution in [3.8, 4) is 0 Å². The van der Waals surface area contributed by atoms with Crippen LogP contribution in [0.15, 0.2) is 42.9 Å². The molecule has 0 saturated heterocycles. The fraction of sp³-hybridized carbons (Fsp3) is 0.154. The molecule has 96 valence electrons. The van der Waals surface area contributed by atoms with Crippen LogP contribution in [0, 0.1) is 5.82 Å². The van der Waals surface area contributed by atoms with E-state index < -0.39 is 0 Å². The molecule has 5 nitrogen and oxygen atoms in total. The van der Waals surface area contributed by atoms with E-state index in [4.69, 9.17) is 0 Å². The van der Waals surface area contributed by atoms with Gasteiger partial charge in [0.05, 0.1) is 6.20 Å². The summed E-state index contributed by atoms with van der Waals surface area (Å²) in [6.45, 7) is 0.699. The third-order valence-electron chi connectivity index (χ3n) is 2.71. The lowest BCUT2D eigenvalue weighted by molar-refractivity contribution is 0.615. The number of aromatic nitrogens is 4. The Morgan fingerprint density at radius 1 is 1.26 bits per heavy atom. The van der Waals surface area contributed by atoms with Crippen LogP contribution in [0.2, 0.25) is 0 Å². The predicted octanol–water partition coefficient (Wildman–Crippen LogP) is 1.92. The van der Waals surface area contributed by atoms with Crippen molar-refractivity contribution in [3.63, 3.8) is 0 Å². The van der Waals surface area contributed by atoms with Gasteiger partial charge in [-0.05, 0) is 30.2 Å². The maximum absolute atomic E-state index is 13.0. The Bertz CT molecular complexity index is 680. The highest BCUT2D eigenvalue weighted by molar-refractivity contribution is 5.43. The molecule has 0 bridgehead atoms. The minimum absolute atomic E-state index is 0.334. The van der Waals surface area contributed by atoms with Crippen molar-refractivity contribution < 1.29 is 4.39 Å². The van der Waals surface area contributed by atoms with E-state index >= 15 is 0 Å². The molecule has 3 aromatic heterocycles. The number of nitrogens with zero attached hydrogens (tertiary/aromatic N) is 4. The van der Waals surface area contributed by atoms with E-state index in [0.717, 1.165) is 12.0 Å². The summed E-state index contributed by atoms with van der Waals surface area (Å²) in [4.78, 5) is 8.29. The molecular formula is C13H12FN5. The van der Waals surface area contributed by atoms with Gasteiger partial charge in [-0.1, -0.05) is 6.07 Å². The number of nitrogens with one attached hydrogen (secondary N) is 1. The Morgan fingerprint density at radius 2 is 2.21 bits per heavy atom. The normalized spacial score (nSPS) is 10.8. The van der Waals surface area contributed by atoms with Crippen molar-refractivity contribution in [2.75, 3.05) is 11.9 Å². The van der Waals surface area contributed by atoms with Gasteiger partial charge in [0.15, 0.2) is 5.65 Å². The molecule has 0 amide bonds. The van der Waals surface area contributed by atoms with E-state index in [1.807, 2.05) is 18.3 Å². The van der Waals surface area contributed by atoms with Crippen LogP contribution in [0.5, 0.6) is 0 Å². The highest BCUT2D eigenvalue weighted by Crippen LogP contribution is 2.07. The van der Waals surface area contributed by atoms with Gasteiger partial charge in [0.1, 0.15) is 5.82 Å². The van der Waals surface area contributed by atoms with Gasteiger partial charge < -0.3 is 5.32 Å². The molecule has 0 aromatic carbocycles. The highest BCUT2D eigenvalue weighted by Gasteiger charge is 2.03. The first-order valence-corrected chi connectivity index (χ1v) is 5.96. The lowest BCUT2D eigenvalue weighted by atomic mass is 10.2. The van der Waals surface area contributed by atoms with Crippen LogP contribution in [0.25, 0.3) is 5.65 Å². The summed E-state index contributed by atoms with van der Waals surface area (Å²) in [7, 11) is 0. The van der Waals surface area contributed by atoms with Crippen molar-refractivity contribution in [1.29, 1.82) is 0 Å². The lowest BCUT2D eigenvalue weighted by Gasteiger charge is -2.00. The van der Waals surface area contributed by atoms with Crippen molar-refractivity contribution >= 4 is 11.6 Å². The summed E-state index contributed by atoms with van der Waals surface area (Å²) in [5.41, 5.74) is 1.76. The third-order valence-corrected chi connectivity index (χ3v) is 2.71. The first kappa shape index (κ1) is 11.6. The zero-order valence-electron chi connectivity index (χ0n) is 10.1. The summed E-state index contributed by atoms with van der Waals surface area (Å²) in [5.74, 6) is 0.161. The molecule has 6 heteroatoms. The minimum atomic E-state index is -0.334. The number of rotatable bonds is 4. The zero-order valence-corrected chi connectivity index (χ0v) is 10.1. The van der Waals surface area contributed by atoms with Crippen molar-refractivity contribution in [3.05, 3.63) is 54.2 Å². The second kappa shape index (κ2) is 5.01. The molecule has 0 spiro atoms. The highest BCUT2D eigenvalue weighted by atomic mass is 19.1. The van der Waals surface area contributed by atoms with Crippen LogP contribution >= 0.6 is 0 Å². The number of hydrogen-bond donors (Lipinski definition) is 1. The lowest BCUT2D eigenvalue weighted by Crippen LogP contribution is -2.06. The Kier molecular flexibility index (Phi) is 3.06. The van der Waals surface area contributed by atoms with Crippen molar-refractivity contribution in [1.82, 2.24) is 19.6 Å². The Balaban J connectivity index is 1.65. The Morgan fingerprint density at radius 3 is 3.05 bits per heavy atom. The minimum Gasteiger partial charge on any atom is -0.353 e. The maximum atomic E-state index is 13.0. The monoisotopic (exact) mass is 257 g/mol. The average molecular weight is 257 g/mol. The molecule has 0 aliphatic heterocycles. The first-order valence-electron chi connectivity index (χ1n) is 5.96. The number of fused-ring (bicyclic) bond motifs is 1. The number of hydrogen-bond acceptors (Lipinski definition) is 4. The van der Waals surface area contributed by atoms with Gasteiger partial charge in [0, 0.05) is 18.9 Å². The molecule has 3 aromatic rings. The second-order valence-electron chi connectivity index (χ2n) is 4.12. The predicted molar refractivity (Wildman–Crippen MR) is 69.4 cm³/mol. The molecule has 3 rings (SSSR count). The van der Waals surface area contributed by atoms with Gasteiger partial charge in [-0.3, -0.25) is 4.98 Å². The van der Waals surface area contributed by atoms with Gasteiger partial charge in [0.25, 0.3) is 0 Å². The topological polar surface area (TPSA) is 55.1 Å². The molecule has 19 heavy (non-hydrogen) atoms. The van der Waals surface area contributed by atoms with Crippen LogP contribution < -0.4 is 5.32 Å². The standard InChI is InChI=1S/C13H12FN5/c14-11-3-4-12-17-13(18-19(12)9-11)16-7-5-10-2-1-6-15-8-10/h1-4,6,8-9H,5,7H2,(H,16,18). The molecule has 0 atom stereocenters. The Hall–Kier alpha value is -2.50.